The third-order valence-electron chi connectivity index (χ3n) is 17.6. The maximum atomic E-state index is 6.19. The Hall–Kier alpha value is -11.3. The van der Waals surface area contributed by atoms with Crippen molar-refractivity contribution in [2.45, 2.75) is 0 Å². The molecule has 18 aromatic rings. The van der Waals surface area contributed by atoms with E-state index in [9.17, 15) is 0 Å². The standard InChI is InChI=1S/C77H48N6O/c1-84-73-41-35-48-19-3-5-21-55(48)75(73)77-78-64-38-34-47-18-2-4-20-54(47)74(64)76(79-77)49-42-52(82-69-32-16-10-26-60(69)62-45-50(36-39-71(62)82)80-65-28-12-6-22-56(65)57-23-7-13-29-66(57)80)44-53(43-49)83-70-33-17-11-27-61(70)63-46-51(37-40-72(63)83)81-67-30-14-8-24-58(67)59-25-9-15-31-68(59)81/h2-46H,1H3. The fourth-order valence-electron chi connectivity index (χ4n) is 14.0. The minimum Gasteiger partial charge on any atom is -0.496 e. The largest absolute Gasteiger partial charge is 0.496 e. The van der Waals surface area contributed by atoms with Crippen molar-refractivity contribution in [1.82, 2.24) is 28.2 Å². The van der Waals surface area contributed by atoms with E-state index in [2.05, 4.69) is 285 Å². The summed E-state index contributed by atoms with van der Waals surface area (Å²) in [6.45, 7) is 0. The van der Waals surface area contributed by atoms with Crippen molar-refractivity contribution in [1.29, 1.82) is 0 Å². The number of fused-ring (bicyclic) bond motifs is 16. The topological polar surface area (TPSA) is 54.7 Å². The highest BCUT2D eigenvalue weighted by Crippen LogP contribution is 2.45. The zero-order valence-electron chi connectivity index (χ0n) is 45.6. The van der Waals surface area contributed by atoms with E-state index >= 15 is 0 Å². The first-order chi connectivity index (χ1) is 41.6. The average Bonchev–Trinajstić information content (AvgIpc) is 3.90. The molecule has 0 spiro atoms. The summed E-state index contributed by atoms with van der Waals surface area (Å²) in [6, 6.07) is 99.2. The molecule has 84 heavy (non-hydrogen) atoms. The molecule has 0 fully saturated rings. The predicted octanol–water partition coefficient (Wildman–Crippen LogP) is 19.7. The van der Waals surface area contributed by atoms with Crippen molar-refractivity contribution in [2.75, 3.05) is 7.11 Å². The normalized spacial score (nSPS) is 12.1. The van der Waals surface area contributed by atoms with E-state index in [0.29, 0.717) is 11.6 Å². The Morgan fingerprint density at radius 2 is 0.655 bits per heavy atom. The van der Waals surface area contributed by atoms with Gasteiger partial charge in [0, 0.05) is 76.8 Å². The van der Waals surface area contributed by atoms with Gasteiger partial charge in [-0.2, -0.15) is 0 Å². The summed E-state index contributed by atoms with van der Waals surface area (Å²) in [7, 11) is 1.73. The molecule has 18 rings (SSSR count). The third kappa shape index (κ3) is 6.69. The van der Waals surface area contributed by atoms with Crippen molar-refractivity contribution in [3.63, 3.8) is 0 Å². The molecule has 0 aliphatic heterocycles. The van der Waals surface area contributed by atoms with Crippen LogP contribution < -0.4 is 4.74 Å². The molecule has 0 saturated heterocycles. The van der Waals surface area contributed by atoms with Gasteiger partial charge in [-0.3, -0.25) is 0 Å². The summed E-state index contributed by atoms with van der Waals surface area (Å²) in [4.78, 5) is 11.3. The Morgan fingerprint density at radius 3 is 1.12 bits per heavy atom. The molecule has 0 atom stereocenters. The van der Waals surface area contributed by atoms with Gasteiger partial charge in [-0.15, -0.1) is 0 Å². The van der Waals surface area contributed by atoms with Crippen LogP contribution in [0.25, 0.3) is 165 Å². The Morgan fingerprint density at radius 1 is 0.286 bits per heavy atom. The monoisotopic (exact) mass is 1070 g/mol. The number of ether oxygens (including phenoxy) is 1. The SMILES string of the molecule is COc1ccc2ccccc2c1-c1nc(-c2cc(-n3c4ccccc4c4cc(-n5c6ccccc6c6ccccc65)ccc43)cc(-n3c4ccccc4c4cc(-n5c6ccccc6c6ccccc65)ccc43)c2)c2c(ccc3ccccc32)n1. The lowest BCUT2D eigenvalue weighted by Gasteiger charge is -2.18. The highest BCUT2D eigenvalue weighted by Gasteiger charge is 2.24. The molecule has 0 unspecified atom stereocenters. The number of rotatable bonds is 7. The van der Waals surface area contributed by atoms with Crippen LogP contribution in [0.2, 0.25) is 0 Å². The van der Waals surface area contributed by atoms with Gasteiger partial charge in [-0.25, -0.2) is 9.97 Å². The highest BCUT2D eigenvalue weighted by atomic mass is 16.5. The maximum Gasteiger partial charge on any atom is 0.164 e. The number of nitrogens with zero attached hydrogens (tertiary/aromatic N) is 6. The Bertz CT molecular complexity index is 5460. The Balaban J connectivity index is 0.944. The van der Waals surface area contributed by atoms with Crippen LogP contribution in [0.3, 0.4) is 0 Å². The van der Waals surface area contributed by atoms with Crippen molar-refractivity contribution >= 4 is 120 Å². The van der Waals surface area contributed by atoms with Gasteiger partial charge >= 0.3 is 0 Å². The predicted molar refractivity (Wildman–Crippen MR) is 349 cm³/mol. The lowest BCUT2D eigenvalue weighted by molar-refractivity contribution is 0.416. The van der Waals surface area contributed by atoms with E-state index in [1.54, 1.807) is 7.11 Å². The number of para-hydroxylation sites is 6. The van der Waals surface area contributed by atoms with Gasteiger partial charge < -0.3 is 23.0 Å². The van der Waals surface area contributed by atoms with Gasteiger partial charge in [0.25, 0.3) is 0 Å². The van der Waals surface area contributed by atoms with Crippen LogP contribution in [-0.2, 0) is 0 Å². The molecule has 5 aromatic heterocycles. The number of methoxy groups -OCH3 is 1. The number of hydrogen-bond acceptors (Lipinski definition) is 3. The zero-order valence-corrected chi connectivity index (χ0v) is 45.6. The highest BCUT2D eigenvalue weighted by molar-refractivity contribution is 6.17. The second-order valence-corrected chi connectivity index (χ2v) is 22.0. The minimum absolute atomic E-state index is 0.595. The molecule has 7 nitrogen and oxygen atoms in total. The Labute approximate surface area is 481 Å². The van der Waals surface area contributed by atoms with E-state index in [1.807, 2.05) is 6.07 Å². The lowest BCUT2D eigenvalue weighted by Crippen LogP contribution is -2.03. The second-order valence-electron chi connectivity index (χ2n) is 22.0. The summed E-state index contributed by atoms with van der Waals surface area (Å²) in [5.74, 6) is 1.31. The first-order valence-electron chi connectivity index (χ1n) is 28.6. The van der Waals surface area contributed by atoms with Gasteiger partial charge in [0.15, 0.2) is 5.82 Å². The molecule has 0 radical (unpaired) electrons. The van der Waals surface area contributed by atoms with Crippen LogP contribution in [0.15, 0.2) is 273 Å². The fraction of sp³-hybridized carbons (Fsp3) is 0.0130. The average molecular weight is 1070 g/mol. The smallest absolute Gasteiger partial charge is 0.164 e. The van der Waals surface area contributed by atoms with E-state index < -0.39 is 0 Å². The van der Waals surface area contributed by atoms with Crippen molar-refractivity contribution in [2.24, 2.45) is 0 Å². The van der Waals surface area contributed by atoms with E-state index in [0.717, 1.165) is 105 Å². The van der Waals surface area contributed by atoms with Crippen molar-refractivity contribution in [3.05, 3.63) is 273 Å². The van der Waals surface area contributed by atoms with Crippen LogP contribution in [0.5, 0.6) is 5.75 Å². The van der Waals surface area contributed by atoms with Crippen molar-refractivity contribution in [3.8, 4) is 51.1 Å². The molecule has 5 heterocycles. The first-order valence-corrected chi connectivity index (χ1v) is 28.6. The molecule has 0 aliphatic rings. The van der Waals surface area contributed by atoms with Crippen LogP contribution in [0, 0.1) is 0 Å². The molecule has 0 bridgehead atoms. The quantitative estimate of drug-likeness (QED) is 0.149. The molecule has 7 heteroatoms. The second kappa shape index (κ2) is 17.9. The van der Waals surface area contributed by atoms with Crippen LogP contribution >= 0.6 is 0 Å². The fourth-order valence-corrected chi connectivity index (χ4v) is 14.0. The number of benzene rings is 13. The van der Waals surface area contributed by atoms with Crippen LogP contribution in [-0.4, -0.2) is 35.3 Å². The first kappa shape index (κ1) is 46.5. The zero-order chi connectivity index (χ0) is 55.1. The summed E-state index contributed by atoms with van der Waals surface area (Å²) in [6.07, 6.45) is 0. The molecule has 13 aromatic carbocycles. The molecular weight excluding hydrogens is 1020 g/mol. The van der Waals surface area contributed by atoms with E-state index in [-0.39, 0.29) is 0 Å². The van der Waals surface area contributed by atoms with Gasteiger partial charge in [-0.1, -0.05) is 170 Å². The van der Waals surface area contributed by atoms with E-state index in [4.69, 9.17) is 14.7 Å². The lowest BCUT2D eigenvalue weighted by atomic mass is 9.98. The molecular formula is C77H48N6O. The summed E-state index contributed by atoms with van der Waals surface area (Å²) in [5.41, 5.74) is 16.8. The maximum absolute atomic E-state index is 6.19. The van der Waals surface area contributed by atoms with Crippen molar-refractivity contribution < 1.29 is 4.74 Å². The van der Waals surface area contributed by atoms with Crippen LogP contribution in [0.1, 0.15) is 0 Å². The minimum atomic E-state index is 0.595. The molecule has 392 valence electrons. The molecule has 0 N–H and O–H groups in total. The summed E-state index contributed by atoms with van der Waals surface area (Å²) in [5, 5.41) is 14.9. The molecule has 0 saturated carbocycles. The molecule has 0 aliphatic carbocycles. The number of hydrogen-bond donors (Lipinski definition) is 0. The van der Waals surface area contributed by atoms with Gasteiger partial charge in [-0.05, 0) is 125 Å². The number of aromatic nitrogens is 6. The van der Waals surface area contributed by atoms with Gasteiger partial charge in [0.2, 0.25) is 0 Å². The summed E-state index contributed by atoms with van der Waals surface area (Å²) >= 11 is 0. The summed E-state index contributed by atoms with van der Waals surface area (Å²) < 4.78 is 15.9. The van der Waals surface area contributed by atoms with Crippen LogP contribution in [0.4, 0.5) is 0 Å². The van der Waals surface area contributed by atoms with Gasteiger partial charge in [0.1, 0.15) is 5.75 Å². The van der Waals surface area contributed by atoms with E-state index in [1.165, 1.54) is 54.4 Å². The third-order valence-corrected chi connectivity index (χ3v) is 17.6. The van der Waals surface area contributed by atoms with Gasteiger partial charge in [0.05, 0.1) is 68.0 Å². The molecule has 0 amide bonds. The Kier molecular flexibility index (Phi) is 9.88.